The lowest BCUT2D eigenvalue weighted by atomic mass is 10.1. The monoisotopic (exact) mass is 308 g/mol. The van der Waals surface area contributed by atoms with Gasteiger partial charge in [-0.15, -0.1) is 0 Å². The summed E-state index contributed by atoms with van der Waals surface area (Å²) in [6.07, 6.45) is 1.54. The molecule has 21 heavy (non-hydrogen) atoms. The van der Waals surface area contributed by atoms with E-state index in [1.807, 2.05) is 6.07 Å². The number of anilines is 1. The summed E-state index contributed by atoms with van der Waals surface area (Å²) in [5, 5.41) is 10.3. The molecule has 1 saturated heterocycles. The normalized spacial score (nSPS) is 21.3. The number of aliphatic hydroxyl groups is 1. The Morgan fingerprint density at radius 3 is 2.81 bits per heavy atom. The van der Waals surface area contributed by atoms with Crippen LogP contribution in [0.25, 0.3) is 0 Å². The Kier molecular flexibility index (Phi) is 3.87. The largest absolute Gasteiger partial charge is 0.391 e. The smallest absolute Gasteiger partial charge is 0.316 e. The Bertz CT molecular complexity index is 590. The Morgan fingerprint density at radius 2 is 2.05 bits per heavy atom. The lowest BCUT2D eigenvalue weighted by Crippen LogP contribution is -2.49. The van der Waals surface area contributed by atoms with Crippen molar-refractivity contribution >= 4 is 29.1 Å². The van der Waals surface area contributed by atoms with E-state index in [2.05, 4.69) is 0 Å². The van der Waals surface area contributed by atoms with Crippen LogP contribution in [0.15, 0.2) is 18.2 Å². The number of likely N-dealkylation sites (tertiary alicyclic amines) is 1. The van der Waals surface area contributed by atoms with E-state index in [-0.39, 0.29) is 6.54 Å². The number of piperidine rings is 1. The molecule has 0 radical (unpaired) electrons. The van der Waals surface area contributed by atoms with Crippen LogP contribution in [0.2, 0.25) is 5.02 Å². The molecule has 1 unspecified atom stereocenters. The molecule has 0 aliphatic carbocycles. The number of fused-ring (bicyclic) bond motifs is 1. The molecule has 2 heterocycles. The Labute approximate surface area is 128 Å². The fourth-order valence-corrected chi connectivity index (χ4v) is 3.26. The van der Waals surface area contributed by atoms with Crippen molar-refractivity contribution in [3.05, 3.63) is 28.8 Å². The maximum absolute atomic E-state index is 12.4. The third-order valence-electron chi connectivity index (χ3n) is 4.08. The number of benzene rings is 1. The van der Waals surface area contributed by atoms with Gasteiger partial charge in [-0.1, -0.05) is 17.7 Å². The molecule has 3 rings (SSSR count). The third-order valence-corrected chi connectivity index (χ3v) is 4.44. The van der Waals surface area contributed by atoms with Gasteiger partial charge in [-0.3, -0.25) is 9.59 Å². The summed E-state index contributed by atoms with van der Waals surface area (Å²) < 4.78 is 0. The number of aliphatic hydroxyl groups excluding tert-OH is 1. The first kappa shape index (κ1) is 14.4. The second kappa shape index (κ2) is 5.66. The molecule has 0 bridgehead atoms. The van der Waals surface area contributed by atoms with Gasteiger partial charge in [-0.05, 0) is 37.0 Å². The van der Waals surface area contributed by atoms with E-state index in [0.29, 0.717) is 31.0 Å². The van der Waals surface area contributed by atoms with Crippen molar-refractivity contribution < 1.29 is 14.7 Å². The first-order valence-electron chi connectivity index (χ1n) is 7.14. The summed E-state index contributed by atoms with van der Waals surface area (Å²) in [5.74, 6) is -1.08. The minimum atomic E-state index is -0.540. The molecule has 1 N–H and O–H groups in total. The maximum atomic E-state index is 12.4. The van der Waals surface area contributed by atoms with Crippen molar-refractivity contribution in [1.29, 1.82) is 0 Å². The number of carbonyl (C=O) groups is 2. The van der Waals surface area contributed by atoms with Crippen LogP contribution in [0.1, 0.15) is 18.4 Å². The summed E-state index contributed by atoms with van der Waals surface area (Å²) in [5.41, 5.74) is 1.64. The maximum Gasteiger partial charge on any atom is 0.316 e. The third kappa shape index (κ3) is 2.63. The van der Waals surface area contributed by atoms with Gasteiger partial charge in [0.15, 0.2) is 0 Å². The Hall–Kier alpha value is -1.59. The predicted molar refractivity (Wildman–Crippen MR) is 79.3 cm³/mol. The number of hydrogen-bond donors (Lipinski definition) is 1. The summed E-state index contributed by atoms with van der Waals surface area (Å²) in [6, 6.07) is 5.38. The zero-order chi connectivity index (χ0) is 15.0. The first-order chi connectivity index (χ1) is 10.1. The number of hydrogen-bond acceptors (Lipinski definition) is 3. The number of carbonyl (C=O) groups excluding carboxylic acids is 2. The quantitative estimate of drug-likeness (QED) is 0.733. The molecule has 5 nitrogen and oxygen atoms in total. The molecule has 2 aliphatic rings. The predicted octanol–water partition coefficient (Wildman–Crippen LogP) is 1.21. The molecule has 2 aliphatic heterocycles. The summed E-state index contributed by atoms with van der Waals surface area (Å²) in [4.78, 5) is 27.7. The van der Waals surface area contributed by atoms with Gasteiger partial charge < -0.3 is 14.9 Å². The van der Waals surface area contributed by atoms with Crippen molar-refractivity contribution in [2.75, 3.05) is 24.5 Å². The molecular weight excluding hydrogens is 292 g/mol. The van der Waals surface area contributed by atoms with Gasteiger partial charge in [0.05, 0.1) is 6.10 Å². The van der Waals surface area contributed by atoms with Crippen LogP contribution >= 0.6 is 11.6 Å². The topological polar surface area (TPSA) is 60.9 Å². The summed E-state index contributed by atoms with van der Waals surface area (Å²) >= 11 is 6.12. The van der Waals surface area contributed by atoms with Crippen LogP contribution in [0.5, 0.6) is 0 Å². The van der Waals surface area contributed by atoms with E-state index in [0.717, 1.165) is 17.7 Å². The van der Waals surface area contributed by atoms with Crippen LogP contribution < -0.4 is 4.90 Å². The van der Waals surface area contributed by atoms with Gasteiger partial charge in [0.2, 0.25) is 0 Å². The molecular formula is C15H17ClN2O3. The second-order valence-corrected chi connectivity index (χ2v) is 5.90. The zero-order valence-corrected chi connectivity index (χ0v) is 12.3. The molecule has 1 aromatic carbocycles. The zero-order valence-electron chi connectivity index (χ0n) is 11.6. The Balaban J connectivity index is 1.78. The standard InChI is InChI=1S/C15H17ClN2O3/c16-12-4-1-5-13-11(12)6-8-18(13)15(21)14(20)17-7-2-3-10(19)9-17/h1,4-5,10,19H,2-3,6-9H2. The number of rotatable bonds is 0. The highest BCUT2D eigenvalue weighted by Crippen LogP contribution is 2.33. The molecule has 0 spiro atoms. The van der Waals surface area contributed by atoms with E-state index in [1.54, 1.807) is 12.1 Å². The van der Waals surface area contributed by atoms with Crippen molar-refractivity contribution in [3.63, 3.8) is 0 Å². The Morgan fingerprint density at radius 1 is 1.24 bits per heavy atom. The molecule has 0 saturated carbocycles. The minimum Gasteiger partial charge on any atom is -0.391 e. The molecule has 1 atom stereocenters. The van der Waals surface area contributed by atoms with Crippen molar-refractivity contribution in [2.45, 2.75) is 25.4 Å². The number of nitrogens with zero attached hydrogens (tertiary/aromatic N) is 2. The highest BCUT2D eigenvalue weighted by molar-refractivity contribution is 6.41. The van der Waals surface area contributed by atoms with E-state index < -0.39 is 17.9 Å². The van der Waals surface area contributed by atoms with E-state index in [9.17, 15) is 14.7 Å². The van der Waals surface area contributed by atoms with E-state index in [4.69, 9.17) is 11.6 Å². The van der Waals surface area contributed by atoms with Gasteiger partial charge in [-0.25, -0.2) is 0 Å². The molecule has 6 heteroatoms. The van der Waals surface area contributed by atoms with Gasteiger partial charge >= 0.3 is 11.8 Å². The first-order valence-corrected chi connectivity index (χ1v) is 7.52. The average molecular weight is 309 g/mol. The SMILES string of the molecule is O=C(C(=O)N1CCc2c(Cl)cccc21)N1CCCC(O)C1. The van der Waals surface area contributed by atoms with Crippen LogP contribution in [0.4, 0.5) is 5.69 Å². The fraction of sp³-hybridized carbons (Fsp3) is 0.467. The van der Waals surface area contributed by atoms with Crippen molar-refractivity contribution in [1.82, 2.24) is 4.90 Å². The van der Waals surface area contributed by atoms with Crippen LogP contribution in [-0.4, -0.2) is 47.6 Å². The summed E-state index contributed by atoms with van der Waals surface area (Å²) in [7, 11) is 0. The van der Waals surface area contributed by atoms with Crippen LogP contribution in [0.3, 0.4) is 0 Å². The molecule has 2 amide bonds. The fourth-order valence-electron chi connectivity index (χ4n) is 2.99. The number of amides is 2. The van der Waals surface area contributed by atoms with Gasteiger partial charge in [0.1, 0.15) is 0 Å². The summed E-state index contributed by atoms with van der Waals surface area (Å²) in [6.45, 7) is 1.23. The lowest BCUT2D eigenvalue weighted by molar-refractivity contribution is -0.146. The van der Waals surface area contributed by atoms with Crippen molar-refractivity contribution in [2.24, 2.45) is 0 Å². The molecule has 0 aromatic heterocycles. The van der Waals surface area contributed by atoms with E-state index in [1.165, 1.54) is 9.80 Å². The van der Waals surface area contributed by atoms with Gasteiger partial charge in [0.25, 0.3) is 0 Å². The van der Waals surface area contributed by atoms with Gasteiger partial charge in [0, 0.05) is 30.3 Å². The second-order valence-electron chi connectivity index (χ2n) is 5.49. The molecule has 1 fully saturated rings. The lowest BCUT2D eigenvalue weighted by Gasteiger charge is -2.30. The number of halogens is 1. The number of β-amino-alcohol motifs (C(OH)–C–C–N with tert-alkyl or cyclic N) is 1. The average Bonchev–Trinajstić information content (AvgIpc) is 2.91. The van der Waals surface area contributed by atoms with Crippen LogP contribution in [-0.2, 0) is 16.0 Å². The highest BCUT2D eigenvalue weighted by Gasteiger charge is 2.34. The van der Waals surface area contributed by atoms with Gasteiger partial charge in [-0.2, -0.15) is 0 Å². The molecule has 112 valence electrons. The van der Waals surface area contributed by atoms with E-state index >= 15 is 0 Å². The molecule has 1 aromatic rings. The highest BCUT2D eigenvalue weighted by atomic mass is 35.5. The van der Waals surface area contributed by atoms with Crippen molar-refractivity contribution in [3.8, 4) is 0 Å². The van der Waals surface area contributed by atoms with Crippen LogP contribution in [0, 0.1) is 0 Å². The minimum absolute atomic E-state index is 0.237.